The van der Waals surface area contributed by atoms with Crippen molar-refractivity contribution in [1.82, 2.24) is 4.90 Å². The van der Waals surface area contributed by atoms with E-state index in [1.54, 1.807) is 24.3 Å². The second kappa shape index (κ2) is 6.31. The molecule has 0 unspecified atom stereocenters. The van der Waals surface area contributed by atoms with Crippen LogP contribution in [-0.4, -0.2) is 44.3 Å². The third-order valence-electron chi connectivity index (χ3n) is 2.34. The van der Waals surface area contributed by atoms with Gasteiger partial charge >= 0.3 is 12.1 Å². The van der Waals surface area contributed by atoms with Crippen molar-refractivity contribution in [3.05, 3.63) is 24.3 Å². The van der Waals surface area contributed by atoms with Crippen LogP contribution in [0.4, 0.5) is 13.2 Å². The molecule has 0 spiro atoms. The van der Waals surface area contributed by atoms with Gasteiger partial charge in [-0.05, 0) is 24.3 Å². The van der Waals surface area contributed by atoms with Crippen LogP contribution in [0.25, 0.3) is 0 Å². The normalized spacial score (nSPS) is 11.0. The van der Waals surface area contributed by atoms with Gasteiger partial charge in [-0.3, -0.25) is 4.79 Å². The van der Waals surface area contributed by atoms with E-state index in [2.05, 4.69) is 0 Å². The number of amides is 1. The number of hydrogen-bond acceptors (Lipinski definition) is 3. The first kappa shape index (κ1) is 15.1. The minimum absolute atomic E-state index is 0.0232. The van der Waals surface area contributed by atoms with E-state index in [1.165, 1.54) is 7.11 Å². The van der Waals surface area contributed by atoms with Crippen LogP contribution < -0.4 is 9.47 Å². The maximum Gasteiger partial charge on any atom is 0.471 e. The third kappa shape index (κ3) is 4.69. The zero-order valence-corrected chi connectivity index (χ0v) is 10.5. The summed E-state index contributed by atoms with van der Waals surface area (Å²) in [6.45, 7) is -0.172. The number of carbonyl (C=O) groups is 1. The molecule has 0 saturated carbocycles. The van der Waals surface area contributed by atoms with Crippen LogP contribution in [0.3, 0.4) is 0 Å². The minimum atomic E-state index is -4.85. The summed E-state index contributed by atoms with van der Waals surface area (Å²) in [4.78, 5) is 11.4. The summed E-state index contributed by atoms with van der Waals surface area (Å²) in [5, 5.41) is 0. The predicted molar refractivity (Wildman–Crippen MR) is 62.2 cm³/mol. The number of likely N-dealkylation sites (N-methyl/N-ethyl adjacent to an activating group) is 1. The summed E-state index contributed by atoms with van der Waals surface area (Å²) in [5.74, 6) is -0.740. The molecule has 7 heteroatoms. The fourth-order valence-corrected chi connectivity index (χ4v) is 1.29. The van der Waals surface area contributed by atoms with Crippen molar-refractivity contribution in [1.29, 1.82) is 0 Å². The van der Waals surface area contributed by atoms with E-state index < -0.39 is 12.1 Å². The van der Waals surface area contributed by atoms with Crippen molar-refractivity contribution in [2.45, 2.75) is 6.18 Å². The number of alkyl halides is 3. The number of nitrogens with zero attached hydrogens (tertiary/aromatic N) is 1. The molecule has 1 aromatic rings. The van der Waals surface area contributed by atoms with E-state index in [-0.39, 0.29) is 13.2 Å². The van der Waals surface area contributed by atoms with Crippen molar-refractivity contribution in [2.24, 2.45) is 0 Å². The lowest BCUT2D eigenvalue weighted by molar-refractivity contribution is -0.184. The molecule has 1 aromatic carbocycles. The van der Waals surface area contributed by atoms with Gasteiger partial charge in [0.05, 0.1) is 13.7 Å². The molecule has 0 aliphatic heterocycles. The quantitative estimate of drug-likeness (QED) is 0.827. The van der Waals surface area contributed by atoms with Gasteiger partial charge in [-0.15, -0.1) is 0 Å². The van der Waals surface area contributed by atoms with Crippen LogP contribution in [0.5, 0.6) is 11.5 Å². The zero-order valence-electron chi connectivity index (χ0n) is 10.5. The topological polar surface area (TPSA) is 38.8 Å². The summed E-state index contributed by atoms with van der Waals surface area (Å²) in [7, 11) is 2.60. The number of benzene rings is 1. The number of carbonyl (C=O) groups excluding carboxylic acids is 1. The highest BCUT2D eigenvalue weighted by molar-refractivity contribution is 5.81. The van der Waals surface area contributed by atoms with Crippen LogP contribution in [0.2, 0.25) is 0 Å². The zero-order chi connectivity index (χ0) is 14.5. The van der Waals surface area contributed by atoms with Crippen LogP contribution in [-0.2, 0) is 4.79 Å². The number of rotatable bonds is 5. The Balaban J connectivity index is 2.39. The largest absolute Gasteiger partial charge is 0.497 e. The molecule has 19 heavy (non-hydrogen) atoms. The van der Waals surface area contributed by atoms with E-state index in [0.29, 0.717) is 16.4 Å². The number of hydrogen-bond donors (Lipinski definition) is 0. The fourth-order valence-electron chi connectivity index (χ4n) is 1.29. The van der Waals surface area contributed by atoms with Crippen molar-refractivity contribution in [2.75, 3.05) is 27.3 Å². The molecule has 0 heterocycles. The maximum atomic E-state index is 12.1. The Hall–Kier alpha value is -1.92. The SMILES string of the molecule is COc1ccc(OCCN(C)C(=O)C(F)(F)F)cc1. The first-order valence-corrected chi connectivity index (χ1v) is 5.43. The molecule has 0 aliphatic rings. The van der Waals surface area contributed by atoms with E-state index in [9.17, 15) is 18.0 Å². The summed E-state index contributed by atoms with van der Waals surface area (Å²) in [6.07, 6.45) is -4.85. The highest BCUT2D eigenvalue weighted by Crippen LogP contribution is 2.18. The highest BCUT2D eigenvalue weighted by atomic mass is 19.4. The molecule has 1 amide bonds. The minimum Gasteiger partial charge on any atom is -0.497 e. The van der Waals surface area contributed by atoms with E-state index in [4.69, 9.17) is 9.47 Å². The maximum absolute atomic E-state index is 12.1. The second-order valence-corrected chi connectivity index (χ2v) is 3.75. The highest BCUT2D eigenvalue weighted by Gasteiger charge is 2.41. The van der Waals surface area contributed by atoms with Crippen molar-refractivity contribution in [3.63, 3.8) is 0 Å². The smallest absolute Gasteiger partial charge is 0.471 e. The second-order valence-electron chi connectivity index (χ2n) is 3.75. The van der Waals surface area contributed by atoms with Gasteiger partial charge in [0.2, 0.25) is 0 Å². The summed E-state index contributed by atoms with van der Waals surface area (Å²) in [6, 6.07) is 6.59. The molecule has 1 rings (SSSR count). The van der Waals surface area contributed by atoms with Crippen molar-refractivity contribution >= 4 is 5.91 Å². The van der Waals surface area contributed by atoms with Gasteiger partial charge < -0.3 is 14.4 Å². The Morgan fingerprint density at radius 1 is 1.21 bits per heavy atom. The standard InChI is InChI=1S/C12H14F3NO3/c1-16(11(17)12(13,14)15)7-8-19-10-5-3-9(18-2)4-6-10/h3-6H,7-8H2,1-2H3. The Labute approximate surface area is 108 Å². The molecule has 0 fully saturated rings. The lowest BCUT2D eigenvalue weighted by Gasteiger charge is -2.18. The molecule has 0 aromatic heterocycles. The van der Waals surface area contributed by atoms with Gasteiger partial charge in [-0.2, -0.15) is 13.2 Å². The molecule has 0 bridgehead atoms. The lowest BCUT2D eigenvalue weighted by Crippen LogP contribution is -2.40. The number of ether oxygens (including phenoxy) is 2. The molecule has 4 nitrogen and oxygen atoms in total. The third-order valence-corrected chi connectivity index (χ3v) is 2.34. The molecule has 0 N–H and O–H groups in total. The Morgan fingerprint density at radius 2 is 1.74 bits per heavy atom. The van der Waals surface area contributed by atoms with Crippen LogP contribution in [0.1, 0.15) is 0 Å². The van der Waals surface area contributed by atoms with Crippen molar-refractivity contribution < 1.29 is 27.4 Å². The molecular formula is C12H14F3NO3. The van der Waals surface area contributed by atoms with Gasteiger partial charge in [0, 0.05) is 7.05 Å². The average Bonchev–Trinajstić information content (AvgIpc) is 2.37. The Kier molecular flexibility index (Phi) is 5.02. The van der Waals surface area contributed by atoms with E-state index >= 15 is 0 Å². The van der Waals surface area contributed by atoms with Crippen LogP contribution in [0, 0.1) is 0 Å². The van der Waals surface area contributed by atoms with E-state index in [1.807, 2.05) is 0 Å². The summed E-state index contributed by atoms with van der Waals surface area (Å²) < 4.78 is 46.4. The van der Waals surface area contributed by atoms with Crippen molar-refractivity contribution in [3.8, 4) is 11.5 Å². The number of methoxy groups -OCH3 is 1. The number of halogens is 3. The molecular weight excluding hydrogens is 263 g/mol. The van der Waals surface area contributed by atoms with Gasteiger partial charge in [0.1, 0.15) is 18.1 Å². The molecule has 0 saturated heterocycles. The van der Waals surface area contributed by atoms with Gasteiger partial charge in [-0.1, -0.05) is 0 Å². The first-order valence-electron chi connectivity index (χ1n) is 5.43. The Bertz CT molecular complexity index is 417. The van der Waals surface area contributed by atoms with Crippen LogP contribution >= 0.6 is 0 Å². The lowest BCUT2D eigenvalue weighted by atomic mass is 10.3. The fraction of sp³-hybridized carbons (Fsp3) is 0.417. The Morgan fingerprint density at radius 3 is 2.21 bits per heavy atom. The average molecular weight is 277 g/mol. The van der Waals surface area contributed by atoms with Crippen LogP contribution in [0.15, 0.2) is 24.3 Å². The monoisotopic (exact) mass is 277 g/mol. The van der Waals surface area contributed by atoms with E-state index in [0.717, 1.165) is 7.05 Å². The van der Waals surface area contributed by atoms with Gasteiger partial charge in [0.25, 0.3) is 0 Å². The molecule has 0 radical (unpaired) electrons. The molecule has 0 atom stereocenters. The molecule has 106 valence electrons. The van der Waals surface area contributed by atoms with Gasteiger partial charge in [0.15, 0.2) is 0 Å². The summed E-state index contributed by atoms with van der Waals surface area (Å²) >= 11 is 0. The summed E-state index contributed by atoms with van der Waals surface area (Å²) in [5.41, 5.74) is 0. The van der Waals surface area contributed by atoms with Gasteiger partial charge in [-0.25, -0.2) is 0 Å². The predicted octanol–water partition coefficient (Wildman–Crippen LogP) is 2.09. The molecule has 0 aliphatic carbocycles. The first-order chi connectivity index (χ1) is 8.84.